The summed E-state index contributed by atoms with van der Waals surface area (Å²) in [6, 6.07) is 5.04. The van der Waals surface area contributed by atoms with Crippen molar-refractivity contribution in [2.24, 2.45) is 11.7 Å². The first-order chi connectivity index (χ1) is 10.9. The molecule has 1 atom stereocenters. The van der Waals surface area contributed by atoms with Gasteiger partial charge in [-0.1, -0.05) is 37.5 Å². The van der Waals surface area contributed by atoms with Crippen molar-refractivity contribution in [2.75, 3.05) is 6.54 Å². The van der Waals surface area contributed by atoms with Crippen molar-refractivity contribution in [3.63, 3.8) is 0 Å². The molecule has 1 aromatic rings. The largest absolute Gasteiger partial charge is 0.416 e. The highest BCUT2D eigenvalue weighted by atomic mass is 19.4. The van der Waals surface area contributed by atoms with E-state index in [1.807, 2.05) is 0 Å². The molecule has 1 fully saturated rings. The van der Waals surface area contributed by atoms with E-state index in [4.69, 9.17) is 5.73 Å². The van der Waals surface area contributed by atoms with Gasteiger partial charge in [-0.15, -0.1) is 0 Å². The summed E-state index contributed by atoms with van der Waals surface area (Å²) in [5.41, 5.74) is 4.99. The second-order valence-corrected chi connectivity index (χ2v) is 6.14. The summed E-state index contributed by atoms with van der Waals surface area (Å²) in [6.07, 6.45) is 0.734. The van der Waals surface area contributed by atoms with Crippen molar-refractivity contribution in [1.82, 2.24) is 5.32 Å². The van der Waals surface area contributed by atoms with E-state index >= 15 is 0 Å². The Hall–Kier alpha value is -1.56. The first-order valence-corrected chi connectivity index (χ1v) is 8.06. The Kier molecular flexibility index (Phi) is 6.04. The second-order valence-electron chi connectivity index (χ2n) is 6.14. The molecule has 3 N–H and O–H groups in total. The summed E-state index contributed by atoms with van der Waals surface area (Å²) in [5.74, 6) is -0.0710. The molecule has 1 aromatic carbocycles. The number of alkyl halides is 3. The zero-order chi connectivity index (χ0) is 16.9. The van der Waals surface area contributed by atoms with Crippen LogP contribution in [0.5, 0.6) is 0 Å². The predicted octanol–water partition coefficient (Wildman–Crippen LogP) is 3.27. The van der Waals surface area contributed by atoms with Crippen LogP contribution in [0, 0.1) is 5.92 Å². The Morgan fingerprint density at radius 3 is 2.48 bits per heavy atom. The minimum Gasteiger partial charge on any atom is -0.352 e. The molecule has 0 saturated heterocycles. The van der Waals surface area contributed by atoms with Crippen LogP contribution in [0.1, 0.15) is 43.2 Å². The SMILES string of the molecule is NCC(NC(=O)Cc1ccccc1C(F)(F)F)C1CCCCC1. The van der Waals surface area contributed by atoms with Crippen LogP contribution in [-0.2, 0) is 17.4 Å². The smallest absolute Gasteiger partial charge is 0.352 e. The van der Waals surface area contributed by atoms with E-state index in [1.54, 1.807) is 0 Å². The van der Waals surface area contributed by atoms with Crippen LogP contribution in [0.15, 0.2) is 24.3 Å². The molecule has 6 heteroatoms. The average Bonchev–Trinajstić information content (AvgIpc) is 2.53. The predicted molar refractivity (Wildman–Crippen MR) is 82.7 cm³/mol. The molecule has 3 nitrogen and oxygen atoms in total. The van der Waals surface area contributed by atoms with Gasteiger partial charge in [-0.3, -0.25) is 4.79 Å². The van der Waals surface area contributed by atoms with Gasteiger partial charge >= 0.3 is 6.18 Å². The number of nitrogens with two attached hydrogens (primary N) is 1. The fraction of sp³-hybridized carbons (Fsp3) is 0.588. The maximum atomic E-state index is 13.0. The fourth-order valence-corrected chi connectivity index (χ4v) is 3.29. The Morgan fingerprint density at radius 2 is 1.87 bits per heavy atom. The Labute approximate surface area is 134 Å². The standard InChI is InChI=1S/C17H23F3N2O/c18-17(19,20)14-9-5-4-8-13(14)10-16(23)22-15(11-21)12-6-2-1-3-7-12/h4-5,8-9,12,15H,1-3,6-7,10-11,21H2,(H,22,23). The van der Waals surface area contributed by atoms with E-state index in [-0.39, 0.29) is 18.0 Å². The molecule has 1 aliphatic rings. The van der Waals surface area contributed by atoms with E-state index in [2.05, 4.69) is 5.32 Å². The summed E-state index contributed by atoms with van der Waals surface area (Å²) < 4.78 is 38.9. The average molecular weight is 328 g/mol. The van der Waals surface area contributed by atoms with E-state index in [0.29, 0.717) is 12.5 Å². The van der Waals surface area contributed by atoms with Crippen molar-refractivity contribution in [1.29, 1.82) is 0 Å². The molecule has 1 aliphatic carbocycles. The Morgan fingerprint density at radius 1 is 1.22 bits per heavy atom. The molecule has 0 spiro atoms. The lowest BCUT2D eigenvalue weighted by molar-refractivity contribution is -0.138. The molecule has 0 heterocycles. The molecule has 0 bridgehead atoms. The second kappa shape index (κ2) is 7.81. The summed E-state index contributed by atoms with van der Waals surface area (Å²) in [6.45, 7) is 0.317. The molecular formula is C17H23F3N2O. The molecule has 0 aromatic heterocycles. The first kappa shape index (κ1) is 17.8. The molecule has 23 heavy (non-hydrogen) atoms. The Bertz CT molecular complexity index is 525. The number of carbonyl (C=O) groups is 1. The third-order valence-electron chi connectivity index (χ3n) is 4.49. The van der Waals surface area contributed by atoms with Crippen LogP contribution in [0.25, 0.3) is 0 Å². The van der Waals surface area contributed by atoms with Gasteiger partial charge in [0.05, 0.1) is 12.0 Å². The quantitative estimate of drug-likeness (QED) is 0.871. The van der Waals surface area contributed by atoms with Gasteiger partial charge in [-0.05, 0) is 30.4 Å². The molecule has 0 aliphatic heterocycles. The Balaban J connectivity index is 2.01. The van der Waals surface area contributed by atoms with E-state index in [0.717, 1.165) is 31.7 Å². The minimum atomic E-state index is -4.45. The number of benzene rings is 1. The zero-order valence-electron chi connectivity index (χ0n) is 13.0. The molecule has 128 valence electrons. The molecule has 2 rings (SSSR count). The third-order valence-corrected chi connectivity index (χ3v) is 4.49. The normalized spacial score (nSPS) is 17.7. The van der Waals surface area contributed by atoms with Gasteiger partial charge in [0.2, 0.25) is 5.91 Å². The lowest BCUT2D eigenvalue weighted by atomic mass is 9.84. The lowest BCUT2D eigenvalue weighted by Crippen LogP contribution is -2.46. The topological polar surface area (TPSA) is 55.1 Å². The number of halogens is 3. The van der Waals surface area contributed by atoms with Gasteiger partial charge in [0.15, 0.2) is 0 Å². The maximum absolute atomic E-state index is 13.0. The van der Waals surface area contributed by atoms with Crippen molar-refractivity contribution in [2.45, 2.75) is 50.7 Å². The highest BCUT2D eigenvalue weighted by Crippen LogP contribution is 2.32. The van der Waals surface area contributed by atoms with Gasteiger partial charge in [-0.25, -0.2) is 0 Å². The van der Waals surface area contributed by atoms with Gasteiger partial charge in [0, 0.05) is 12.6 Å². The van der Waals surface area contributed by atoms with Gasteiger partial charge in [0.25, 0.3) is 0 Å². The number of rotatable bonds is 5. The summed E-state index contributed by atoms with van der Waals surface area (Å²) in [7, 11) is 0. The summed E-state index contributed by atoms with van der Waals surface area (Å²) in [4.78, 5) is 12.2. The van der Waals surface area contributed by atoms with Crippen LogP contribution in [0.3, 0.4) is 0 Å². The number of amides is 1. The highest BCUT2D eigenvalue weighted by Gasteiger charge is 2.33. The summed E-state index contributed by atoms with van der Waals surface area (Å²) >= 11 is 0. The third kappa shape index (κ3) is 4.96. The van der Waals surface area contributed by atoms with Gasteiger partial charge in [-0.2, -0.15) is 13.2 Å². The fourth-order valence-electron chi connectivity index (χ4n) is 3.29. The van der Waals surface area contributed by atoms with Crippen molar-refractivity contribution in [3.8, 4) is 0 Å². The van der Waals surface area contributed by atoms with Crippen LogP contribution in [0.4, 0.5) is 13.2 Å². The first-order valence-electron chi connectivity index (χ1n) is 8.06. The molecular weight excluding hydrogens is 305 g/mol. The number of nitrogens with one attached hydrogen (secondary N) is 1. The number of hydrogen-bond acceptors (Lipinski definition) is 2. The van der Waals surface area contributed by atoms with Crippen LogP contribution in [0.2, 0.25) is 0 Å². The molecule has 0 radical (unpaired) electrons. The van der Waals surface area contributed by atoms with Crippen LogP contribution >= 0.6 is 0 Å². The van der Waals surface area contributed by atoms with E-state index in [9.17, 15) is 18.0 Å². The van der Waals surface area contributed by atoms with E-state index < -0.39 is 17.6 Å². The van der Waals surface area contributed by atoms with Crippen LogP contribution in [-0.4, -0.2) is 18.5 Å². The van der Waals surface area contributed by atoms with Gasteiger partial charge in [0.1, 0.15) is 0 Å². The maximum Gasteiger partial charge on any atom is 0.416 e. The molecule has 1 amide bonds. The van der Waals surface area contributed by atoms with E-state index in [1.165, 1.54) is 24.6 Å². The molecule has 1 saturated carbocycles. The molecule has 1 unspecified atom stereocenters. The van der Waals surface area contributed by atoms with Crippen molar-refractivity contribution >= 4 is 5.91 Å². The number of carbonyl (C=O) groups excluding carboxylic acids is 1. The summed E-state index contributed by atoms with van der Waals surface area (Å²) in [5, 5.41) is 2.83. The van der Waals surface area contributed by atoms with Crippen molar-refractivity contribution < 1.29 is 18.0 Å². The monoisotopic (exact) mass is 328 g/mol. The zero-order valence-corrected chi connectivity index (χ0v) is 13.0. The van der Waals surface area contributed by atoms with Crippen molar-refractivity contribution in [3.05, 3.63) is 35.4 Å². The lowest BCUT2D eigenvalue weighted by Gasteiger charge is -2.30. The van der Waals surface area contributed by atoms with Crippen LogP contribution < -0.4 is 11.1 Å². The highest BCUT2D eigenvalue weighted by molar-refractivity contribution is 5.79. The van der Waals surface area contributed by atoms with Gasteiger partial charge < -0.3 is 11.1 Å². The minimum absolute atomic E-state index is 0.00286. The number of hydrogen-bond donors (Lipinski definition) is 2.